The van der Waals surface area contributed by atoms with E-state index in [0.717, 1.165) is 36.6 Å². The van der Waals surface area contributed by atoms with Crippen LogP contribution in [0.25, 0.3) is 0 Å². The molecule has 4 heterocycles. The van der Waals surface area contributed by atoms with Gasteiger partial charge < -0.3 is 9.64 Å². The highest BCUT2D eigenvalue weighted by Gasteiger charge is 2.48. The molecule has 3 fully saturated rings. The van der Waals surface area contributed by atoms with Crippen LogP contribution in [-0.4, -0.2) is 75.5 Å². The normalized spacial score (nSPS) is 26.2. The largest absolute Gasteiger partial charge is 0.380 e. The van der Waals surface area contributed by atoms with E-state index in [1.807, 2.05) is 6.21 Å². The summed E-state index contributed by atoms with van der Waals surface area (Å²) in [6, 6.07) is 10.3. The topological polar surface area (TPSA) is 37.2 Å². The number of nitrogens with zero attached hydrogens (tertiary/aromatic N) is 4. The van der Waals surface area contributed by atoms with Gasteiger partial charge in [0.05, 0.1) is 32.8 Å². The molecule has 0 unspecified atom stereocenters. The summed E-state index contributed by atoms with van der Waals surface area (Å²) in [6.07, 6.45) is 7.01. The number of rotatable bonds is 5. The Bertz CT molecular complexity index is 791. The number of piperidine rings is 2. The lowest BCUT2D eigenvalue weighted by atomic mass is 9.75. The number of quaternary nitrogens is 1. The fourth-order valence-corrected chi connectivity index (χ4v) is 5.83. The molecule has 0 aromatic heterocycles. The van der Waals surface area contributed by atoms with Gasteiger partial charge in [0.15, 0.2) is 5.84 Å². The van der Waals surface area contributed by atoms with Crippen LogP contribution in [-0.2, 0) is 4.74 Å². The monoisotopic (exact) mass is 409 g/mol. The second-order valence-electron chi connectivity index (χ2n) is 10.3. The van der Waals surface area contributed by atoms with Gasteiger partial charge in [-0.05, 0) is 63.4 Å². The molecule has 0 saturated carbocycles. The van der Waals surface area contributed by atoms with Gasteiger partial charge in [0.2, 0.25) is 0 Å². The molecule has 5 rings (SSSR count). The van der Waals surface area contributed by atoms with E-state index in [9.17, 15) is 0 Å². The average molecular weight is 410 g/mol. The minimum absolute atomic E-state index is 0.451. The van der Waals surface area contributed by atoms with Crippen LogP contribution < -0.4 is 4.48 Å². The quantitative estimate of drug-likeness (QED) is 0.692. The zero-order valence-corrected chi connectivity index (χ0v) is 18.7. The lowest BCUT2D eigenvalue weighted by Gasteiger charge is -2.51. The van der Waals surface area contributed by atoms with Crippen LogP contribution in [0.3, 0.4) is 0 Å². The first-order chi connectivity index (χ1) is 14.6. The van der Waals surface area contributed by atoms with Crippen molar-refractivity contribution in [3.8, 4) is 0 Å². The van der Waals surface area contributed by atoms with Crippen molar-refractivity contribution in [1.82, 2.24) is 9.38 Å². The van der Waals surface area contributed by atoms with E-state index < -0.39 is 0 Å². The number of benzene rings is 1. The van der Waals surface area contributed by atoms with Crippen molar-refractivity contribution in [3.05, 3.63) is 29.8 Å². The molecule has 1 aromatic carbocycles. The highest BCUT2D eigenvalue weighted by Crippen LogP contribution is 2.43. The van der Waals surface area contributed by atoms with Gasteiger partial charge in [-0.2, -0.15) is 0 Å². The van der Waals surface area contributed by atoms with Gasteiger partial charge in [0.1, 0.15) is 12.2 Å². The Kier molecular flexibility index (Phi) is 5.55. The SMILES string of the molecule is CC(C)N1CCC(c2ccc([N+]3(CC4=NCC=N4)CCC4(CC3)COC4)cc2)CC1. The van der Waals surface area contributed by atoms with Gasteiger partial charge >= 0.3 is 0 Å². The summed E-state index contributed by atoms with van der Waals surface area (Å²) >= 11 is 0. The number of likely N-dealkylation sites (tertiary alicyclic amines) is 2. The third kappa shape index (κ3) is 3.88. The van der Waals surface area contributed by atoms with Crippen molar-refractivity contribution < 1.29 is 4.74 Å². The molecule has 1 spiro atoms. The van der Waals surface area contributed by atoms with E-state index in [4.69, 9.17) is 4.74 Å². The molecule has 4 aliphatic rings. The first-order valence-corrected chi connectivity index (χ1v) is 11.9. The van der Waals surface area contributed by atoms with Gasteiger partial charge in [-0.25, -0.2) is 4.99 Å². The standard InChI is InChI=1S/C25H37N4O/c1-20(2)28-13-7-22(8-14-28)21-3-5-23(6-4-21)29(17-24-26-11-12-27-24)15-9-25(10-16-29)18-30-19-25/h3-6,11,20,22H,7-10,12-19H2,1-2H3/q+1. The van der Waals surface area contributed by atoms with Crippen molar-refractivity contribution >= 4 is 17.7 Å². The first-order valence-electron chi connectivity index (χ1n) is 11.9. The van der Waals surface area contributed by atoms with Crippen molar-refractivity contribution in [2.75, 3.05) is 52.5 Å². The Balaban J connectivity index is 1.32. The van der Waals surface area contributed by atoms with Crippen LogP contribution in [0, 0.1) is 5.41 Å². The molecule has 3 saturated heterocycles. The van der Waals surface area contributed by atoms with Crippen LogP contribution >= 0.6 is 0 Å². The lowest BCUT2D eigenvalue weighted by Crippen LogP contribution is -2.62. The van der Waals surface area contributed by atoms with Crippen molar-refractivity contribution in [2.24, 2.45) is 15.4 Å². The fourth-order valence-electron chi connectivity index (χ4n) is 5.83. The molecule has 0 bridgehead atoms. The number of aliphatic imine (C=N–C) groups is 2. The molecule has 1 aromatic rings. The second-order valence-corrected chi connectivity index (χ2v) is 10.3. The lowest BCUT2D eigenvalue weighted by molar-refractivity contribution is -0.137. The predicted molar refractivity (Wildman–Crippen MR) is 125 cm³/mol. The molecule has 5 nitrogen and oxygen atoms in total. The second kappa shape index (κ2) is 8.18. The van der Waals surface area contributed by atoms with Gasteiger partial charge in [0.25, 0.3) is 0 Å². The maximum atomic E-state index is 5.57. The summed E-state index contributed by atoms with van der Waals surface area (Å²) in [5.74, 6) is 1.74. The summed E-state index contributed by atoms with van der Waals surface area (Å²) < 4.78 is 6.57. The average Bonchev–Trinajstić information content (AvgIpc) is 3.26. The molecule has 5 heteroatoms. The number of ether oxygens (including phenoxy) is 1. The van der Waals surface area contributed by atoms with Gasteiger partial charge in [0, 0.05) is 30.5 Å². The molecule has 0 amide bonds. The Morgan fingerprint density at radius 3 is 2.33 bits per heavy atom. The van der Waals surface area contributed by atoms with E-state index in [-0.39, 0.29) is 0 Å². The summed E-state index contributed by atoms with van der Waals surface area (Å²) in [6.45, 7) is 13.0. The van der Waals surface area contributed by atoms with Crippen LogP contribution in [0.5, 0.6) is 0 Å². The van der Waals surface area contributed by atoms with E-state index >= 15 is 0 Å². The van der Waals surface area contributed by atoms with Crippen molar-refractivity contribution in [3.63, 3.8) is 0 Å². The van der Waals surface area contributed by atoms with Gasteiger partial charge in [-0.3, -0.25) is 9.48 Å². The molecule has 30 heavy (non-hydrogen) atoms. The third-order valence-corrected chi connectivity index (χ3v) is 8.17. The maximum absolute atomic E-state index is 5.57. The van der Waals surface area contributed by atoms with Crippen LogP contribution in [0.2, 0.25) is 0 Å². The molecular formula is C25H37N4O+. The summed E-state index contributed by atoms with van der Waals surface area (Å²) in [7, 11) is 0. The maximum Gasteiger partial charge on any atom is 0.179 e. The van der Waals surface area contributed by atoms with E-state index in [0.29, 0.717) is 17.4 Å². The van der Waals surface area contributed by atoms with E-state index in [2.05, 4.69) is 53.0 Å². The Labute approximate surface area is 181 Å². The molecule has 0 atom stereocenters. The van der Waals surface area contributed by atoms with Crippen molar-refractivity contribution in [2.45, 2.75) is 51.5 Å². The van der Waals surface area contributed by atoms with Crippen molar-refractivity contribution in [1.29, 1.82) is 0 Å². The fraction of sp³-hybridized carbons (Fsp3) is 0.680. The molecule has 0 radical (unpaired) electrons. The number of hydrogen-bond acceptors (Lipinski definition) is 4. The minimum Gasteiger partial charge on any atom is -0.380 e. The Hall–Kier alpha value is -1.56. The first kappa shape index (κ1) is 20.3. The van der Waals surface area contributed by atoms with E-state index in [1.165, 1.54) is 63.1 Å². The Morgan fingerprint density at radius 2 is 1.80 bits per heavy atom. The van der Waals surface area contributed by atoms with E-state index in [1.54, 1.807) is 0 Å². The molecule has 0 aliphatic carbocycles. The van der Waals surface area contributed by atoms with Gasteiger partial charge in [-0.15, -0.1) is 0 Å². The smallest absolute Gasteiger partial charge is 0.179 e. The zero-order valence-electron chi connectivity index (χ0n) is 18.7. The molecule has 162 valence electrons. The Morgan fingerprint density at radius 1 is 1.10 bits per heavy atom. The van der Waals surface area contributed by atoms with Crippen LogP contribution in [0.1, 0.15) is 51.0 Å². The molecular weight excluding hydrogens is 372 g/mol. The summed E-state index contributed by atoms with van der Waals surface area (Å²) in [5.41, 5.74) is 3.42. The molecule has 0 N–H and O–H groups in total. The predicted octanol–water partition coefficient (Wildman–Crippen LogP) is 3.88. The summed E-state index contributed by atoms with van der Waals surface area (Å²) in [4.78, 5) is 11.8. The third-order valence-electron chi connectivity index (χ3n) is 8.17. The number of hydrogen-bond donors (Lipinski definition) is 0. The summed E-state index contributed by atoms with van der Waals surface area (Å²) in [5, 5.41) is 0. The van der Waals surface area contributed by atoms with Crippen LogP contribution in [0.4, 0.5) is 5.69 Å². The zero-order chi connectivity index (χ0) is 20.6. The number of amidine groups is 1. The minimum atomic E-state index is 0.451. The van der Waals surface area contributed by atoms with Gasteiger partial charge in [-0.1, -0.05) is 12.1 Å². The highest BCUT2D eigenvalue weighted by molar-refractivity contribution is 5.96. The highest BCUT2D eigenvalue weighted by atomic mass is 16.5. The van der Waals surface area contributed by atoms with Crippen LogP contribution in [0.15, 0.2) is 34.3 Å². The molecule has 4 aliphatic heterocycles.